The molecule has 0 unspecified atom stereocenters. The molecule has 3 heterocycles. The van der Waals surface area contributed by atoms with Gasteiger partial charge in [0.1, 0.15) is 17.8 Å². The van der Waals surface area contributed by atoms with Gasteiger partial charge in [-0.25, -0.2) is 0 Å². The number of fused-ring (bicyclic) bond motifs is 1. The van der Waals surface area contributed by atoms with Crippen LogP contribution in [0.1, 0.15) is 30.1 Å². The second-order valence-corrected chi connectivity index (χ2v) is 8.48. The molecule has 2 aliphatic rings. The van der Waals surface area contributed by atoms with Crippen molar-refractivity contribution in [3.63, 3.8) is 0 Å². The third kappa shape index (κ3) is 5.18. The molecule has 1 atom stereocenters. The van der Waals surface area contributed by atoms with Crippen LogP contribution in [0.25, 0.3) is 0 Å². The van der Waals surface area contributed by atoms with Gasteiger partial charge >= 0.3 is 0 Å². The van der Waals surface area contributed by atoms with E-state index in [0.717, 1.165) is 57.1 Å². The first kappa shape index (κ1) is 20.4. The fourth-order valence-electron chi connectivity index (χ4n) is 3.95. The quantitative estimate of drug-likeness (QED) is 0.697. The number of rotatable bonds is 7. The minimum absolute atomic E-state index is 0.00299. The predicted molar refractivity (Wildman–Crippen MR) is 113 cm³/mol. The Balaban J connectivity index is 1.28. The molecule has 1 N–H and O–H groups in total. The van der Waals surface area contributed by atoms with Gasteiger partial charge in [0.05, 0.1) is 0 Å². The summed E-state index contributed by atoms with van der Waals surface area (Å²) in [5.74, 6) is 2.00. The van der Waals surface area contributed by atoms with Gasteiger partial charge in [0.25, 0.3) is 0 Å². The summed E-state index contributed by atoms with van der Waals surface area (Å²) >= 11 is 1.77. The molecule has 156 valence electrons. The summed E-state index contributed by atoms with van der Waals surface area (Å²) in [6, 6.07) is 8.82. The van der Waals surface area contributed by atoms with Crippen LogP contribution < -0.4 is 5.32 Å². The van der Waals surface area contributed by atoms with Crippen molar-refractivity contribution in [1.29, 1.82) is 0 Å². The average molecular weight is 416 g/mol. The molecule has 0 spiro atoms. The summed E-state index contributed by atoms with van der Waals surface area (Å²) in [5, 5.41) is 11.8. The largest absolute Gasteiger partial charge is 0.368 e. The number of ether oxygens (including phenoxy) is 1. The highest BCUT2D eigenvalue weighted by atomic mass is 32.2. The number of hydrogen-bond acceptors (Lipinski definition) is 6. The molecule has 29 heavy (non-hydrogen) atoms. The summed E-state index contributed by atoms with van der Waals surface area (Å²) < 4.78 is 7.66. The van der Waals surface area contributed by atoms with Gasteiger partial charge in [-0.2, -0.15) is 0 Å². The highest BCUT2D eigenvalue weighted by Gasteiger charge is 2.23. The average Bonchev–Trinajstić information content (AvgIpc) is 3.37. The first-order valence-corrected chi connectivity index (χ1v) is 11.6. The lowest BCUT2D eigenvalue weighted by Gasteiger charge is -2.19. The fourth-order valence-corrected chi connectivity index (χ4v) is 4.36. The smallest absolute Gasteiger partial charge is 0.249 e. The third-order valence-corrected chi connectivity index (χ3v) is 6.37. The van der Waals surface area contributed by atoms with Crippen LogP contribution in [0.3, 0.4) is 0 Å². The summed E-state index contributed by atoms with van der Waals surface area (Å²) in [5.41, 5.74) is 1.34. The van der Waals surface area contributed by atoms with Gasteiger partial charge in [0.2, 0.25) is 5.91 Å². The Labute approximate surface area is 176 Å². The molecule has 0 saturated carbocycles. The van der Waals surface area contributed by atoms with E-state index in [1.54, 1.807) is 11.8 Å². The standard InChI is InChI=1S/C21H29N5O2S/c1-29-17-6-4-16(5-7-17)15-25-11-9-20-24-23-19(26(20)13-12-25)8-10-22-21(27)18-3-2-14-28-18/h4-7,18H,2-3,8-15H2,1H3,(H,22,27)/t18-/m1/s1. The summed E-state index contributed by atoms with van der Waals surface area (Å²) in [4.78, 5) is 15.9. The second kappa shape index (κ2) is 9.73. The van der Waals surface area contributed by atoms with E-state index in [-0.39, 0.29) is 12.0 Å². The lowest BCUT2D eigenvalue weighted by molar-refractivity contribution is -0.130. The van der Waals surface area contributed by atoms with Crippen molar-refractivity contribution in [1.82, 2.24) is 25.0 Å². The molecule has 8 heteroatoms. The number of carbonyl (C=O) groups is 1. The Hall–Kier alpha value is -1.90. The summed E-state index contributed by atoms with van der Waals surface area (Å²) in [6.45, 7) is 5.07. The lowest BCUT2D eigenvalue weighted by Crippen LogP contribution is -2.35. The van der Waals surface area contributed by atoms with E-state index < -0.39 is 0 Å². The van der Waals surface area contributed by atoms with Crippen LogP contribution in [0.4, 0.5) is 0 Å². The van der Waals surface area contributed by atoms with Crippen LogP contribution in [0, 0.1) is 0 Å². The van der Waals surface area contributed by atoms with Crippen LogP contribution in [0.15, 0.2) is 29.2 Å². The predicted octanol–water partition coefficient (Wildman–Crippen LogP) is 1.90. The molecule has 1 fully saturated rings. The van der Waals surface area contributed by atoms with Crippen molar-refractivity contribution in [2.24, 2.45) is 0 Å². The van der Waals surface area contributed by atoms with Gasteiger partial charge in [-0.3, -0.25) is 9.69 Å². The zero-order valence-corrected chi connectivity index (χ0v) is 17.8. The summed E-state index contributed by atoms with van der Waals surface area (Å²) in [6.07, 6.45) is 5.21. The number of benzene rings is 1. The van der Waals surface area contributed by atoms with E-state index in [0.29, 0.717) is 19.6 Å². The van der Waals surface area contributed by atoms with Crippen molar-refractivity contribution in [3.8, 4) is 0 Å². The van der Waals surface area contributed by atoms with Crippen LogP contribution in [0.2, 0.25) is 0 Å². The Morgan fingerprint density at radius 3 is 2.86 bits per heavy atom. The molecular formula is C21H29N5O2S. The molecule has 2 aliphatic heterocycles. The van der Waals surface area contributed by atoms with Crippen molar-refractivity contribution in [2.45, 2.75) is 49.8 Å². The molecule has 7 nitrogen and oxygen atoms in total. The Bertz CT molecular complexity index is 817. The SMILES string of the molecule is CSc1ccc(CN2CCc3nnc(CCNC(=O)[C@H]4CCCO4)n3CC2)cc1. The molecule has 0 radical (unpaired) electrons. The second-order valence-electron chi connectivity index (χ2n) is 7.60. The van der Waals surface area contributed by atoms with Gasteiger partial charge in [0, 0.05) is 57.1 Å². The Morgan fingerprint density at radius 2 is 2.10 bits per heavy atom. The normalized spacial score (nSPS) is 19.7. The number of amides is 1. The molecule has 1 aromatic carbocycles. The molecule has 1 saturated heterocycles. The third-order valence-electron chi connectivity index (χ3n) is 5.63. The topological polar surface area (TPSA) is 72.3 Å². The van der Waals surface area contributed by atoms with Crippen molar-refractivity contribution in [2.75, 3.05) is 32.5 Å². The van der Waals surface area contributed by atoms with Crippen LogP contribution in [0.5, 0.6) is 0 Å². The number of hydrogen-bond donors (Lipinski definition) is 1. The van der Waals surface area contributed by atoms with Crippen molar-refractivity contribution in [3.05, 3.63) is 41.5 Å². The first-order chi connectivity index (χ1) is 14.2. The van der Waals surface area contributed by atoms with Crippen LogP contribution in [-0.2, 0) is 35.5 Å². The van der Waals surface area contributed by atoms with E-state index in [1.807, 2.05) is 0 Å². The summed E-state index contributed by atoms with van der Waals surface area (Å²) in [7, 11) is 0. The molecule has 1 aromatic heterocycles. The van der Waals surface area contributed by atoms with Gasteiger partial charge in [-0.15, -0.1) is 22.0 Å². The Kier molecular flexibility index (Phi) is 6.84. The number of nitrogens with one attached hydrogen (secondary N) is 1. The number of carbonyl (C=O) groups excluding carboxylic acids is 1. The molecule has 0 aliphatic carbocycles. The molecule has 1 amide bonds. The van der Waals surface area contributed by atoms with Gasteiger partial charge in [-0.05, 0) is 36.8 Å². The first-order valence-electron chi connectivity index (χ1n) is 10.4. The van der Waals surface area contributed by atoms with E-state index >= 15 is 0 Å². The number of thioether (sulfide) groups is 1. The zero-order valence-electron chi connectivity index (χ0n) is 17.0. The van der Waals surface area contributed by atoms with E-state index in [9.17, 15) is 4.79 Å². The molecule has 4 rings (SSSR count). The molecule has 0 bridgehead atoms. The van der Waals surface area contributed by atoms with Crippen LogP contribution >= 0.6 is 11.8 Å². The number of aromatic nitrogens is 3. The van der Waals surface area contributed by atoms with E-state index in [4.69, 9.17) is 4.74 Å². The van der Waals surface area contributed by atoms with Crippen molar-refractivity contribution >= 4 is 17.7 Å². The van der Waals surface area contributed by atoms with Gasteiger partial charge < -0.3 is 14.6 Å². The lowest BCUT2D eigenvalue weighted by atomic mass is 10.2. The highest BCUT2D eigenvalue weighted by molar-refractivity contribution is 7.98. The maximum absolute atomic E-state index is 12.1. The maximum atomic E-state index is 12.1. The van der Waals surface area contributed by atoms with E-state index in [2.05, 4.69) is 55.5 Å². The van der Waals surface area contributed by atoms with Gasteiger partial charge in [0.15, 0.2) is 0 Å². The molecular weight excluding hydrogens is 386 g/mol. The maximum Gasteiger partial charge on any atom is 0.249 e. The number of nitrogens with zero attached hydrogens (tertiary/aromatic N) is 4. The highest BCUT2D eigenvalue weighted by Crippen LogP contribution is 2.17. The minimum Gasteiger partial charge on any atom is -0.368 e. The molecule has 2 aromatic rings. The van der Waals surface area contributed by atoms with Crippen LogP contribution in [-0.4, -0.2) is 64.2 Å². The van der Waals surface area contributed by atoms with Crippen molar-refractivity contribution < 1.29 is 9.53 Å². The van der Waals surface area contributed by atoms with E-state index in [1.165, 1.54) is 10.5 Å². The monoisotopic (exact) mass is 415 g/mol. The minimum atomic E-state index is -0.274. The zero-order chi connectivity index (χ0) is 20.1. The Morgan fingerprint density at radius 1 is 1.24 bits per heavy atom. The van der Waals surface area contributed by atoms with Gasteiger partial charge in [-0.1, -0.05) is 12.1 Å². The fraction of sp³-hybridized carbons (Fsp3) is 0.571.